The molecule has 1 aromatic heterocycles. The van der Waals surface area contributed by atoms with E-state index in [1.54, 1.807) is 48.5 Å². The molecule has 0 aliphatic carbocycles. The fourth-order valence-electron chi connectivity index (χ4n) is 4.88. The van der Waals surface area contributed by atoms with Crippen molar-refractivity contribution in [3.8, 4) is 22.4 Å². The lowest BCUT2D eigenvalue weighted by molar-refractivity contribution is -0.124. The molecule has 6 nitrogen and oxygen atoms in total. The van der Waals surface area contributed by atoms with E-state index in [9.17, 15) is 27.9 Å². The van der Waals surface area contributed by atoms with E-state index < -0.39 is 23.9 Å². The van der Waals surface area contributed by atoms with E-state index in [2.05, 4.69) is 21.2 Å². The molecule has 0 aliphatic heterocycles. The van der Waals surface area contributed by atoms with Crippen LogP contribution in [-0.4, -0.2) is 34.0 Å². The average molecular weight is 775 g/mol. The zero-order chi connectivity index (χ0) is 34.4. The number of hydrogen-bond acceptors (Lipinski definition) is 5. The molecule has 0 atom stereocenters. The van der Waals surface area contributed by atoms with Crippen LogP contribution in [0.15, 0.2) is 112 Å². The largest absolute Gasteiger partial charge is 0.446 e. The molecule has 48 heavy (non-hydrogen) atoms. The number of thioether (sulfide) groups is 1. The van der Waals surface area contributed by atoms with Crippen molar-refractivity contribution in [2.24, 2.45) is 0 Å². The molecule has 0 aliphatic rings. The number of hydrogen-bond donors (Lipinski definition) is 2. The number of anilines is 1. The fourth-order valence-corrected chi connectivity index (χ4v) is 6.19. The Morgan fingerprint density at radius 1 is 0.896 bits per heavy atom. The number of nitrogens with one attached hydrogen (secondary N) is 1. The van der Waals surface area contributed by atoms with Crippen molar-refractivity contribution in [1.29, 1.82) is 0 Å². The molecule has 0 saturated heterocycles. The maximum Gasteiger partial charge on any atom is 0.446 e. The molecule has 2 amide bonds. The van der Waals surface area contributed by atoms with Crippen LogP contribution in [0.5, 0.6) is 0 Å². The number of benzene rings is 4. The SMILES string of the molecule is O=C(CO)NCc1nc(-c2ccc(Br)cc2)c(-c2ccc(Cl)cc2Cl)cc1CN(C(=O)c1ccc(SC(F)(F)F)cc1)c1ccccc1. The Hall–Kier alpha value is -3.87. The molecule has 0 bridgehead atoms. The van der Waals surface area contributed by atoms with Crippen LogP contribution in [0.25, 0.3) is 22.4 Å². The molecule has 0 radical (unpaired) electrons. The van der Waals surface area contributed by atoms with E-state index in [1.165, 1.54) is 29.2 Å². The fraction of sp³-hybridized carbons (Fsp3) is 0.114. The molecule has 246 valence electrons. The lowest BCUT2D eigenvalue weighted by Gasteiger charge is -2.26. The first-order chi connectivity index (χ1) is 22.9. The van der Waals surface area contributed by atoms with Gasteiger partial charge in [0.15, 0.2) is 0 Å². The first-order valence-electron chi connectivity index (χ1n) is 14.3. The Balaban J connectivity index is 1.66. The van der Waals surface area contributed by atoms with Crippen molar-refractivity contribution in [3.63, 3.8) is 0 Å². The highest BCUT2D eigenvalue weighted by atomic mass is 79.9. The normalized spacial score (nSPS) is 11.3. The van der Waals surface area contributed by atoms with Gasteiger partial charge >= 0.3 is 5.51 Å². The van der Waals surface area contributed by atoms with Crippen LogP contribution in [0, 0.1) is 0 Å². The molecule has 0 unspecified atom stereocenters. The van der Waals surface area contributed by atoms with Crippen LogP contribution in [-0.2, 0) is 17.9 Å². The summed E-state index contributed by atoms with van der Waals surface area (Å²) < 4.78 is 39.7. The molecule has 13 heteroatoms. The van der Waals surface area contributed by atoms with Crippen molar-refractivity contribution in [3.05, 3.63) is 134 Å². The number of para-hydroxylation sites is 1. The number of halogens is 6. The number of nitrogens with zero attached hydrogens (tertiary/aromatic N) is 2. The third-order valence-electron chi connectivity index (χ3n) is 7.10. The van der Waals surface area contributed by atoms with Crippen molar-refractivity contribution in [1.82, 2.24) is 10.3 Å². The van der Waals surface area contributed by atoms with Crippen molar-refractivity contribution in [2.75, 3.05) is 11.5 Å². The van der Waals surface area contributed by atoms with Crippen LogP contribution in [0.1, 0.15) is 21.6 Å². The molecule has 2 N–H and O–H groups in total. The summed E-state index contributed by atoms with van der Waals surface area (Å²) in [5, 5.41) is 12.8. The van der Waals surface area contributed by atoms with E-state index in [-0.39, 0.29) is 35.3 Å². The van der Waals surface area contributed by atoms with Gasteiger partial charge in [0.05, 0.1) is 24.5 Å². The second-order valence-corrected chi connectivity index (χ2v) is 13.3. The summed E-state index contributed by atoms with van der Waals surface area (Å²) in [6, 6.07) is 28.4. The number of pyridine rings is 1. The van der Waals surface area contributed by atoms with Crippen LogP contribution >= 0.6 is 50.9 Å². The molecule has 1 heterocycles. The van der Waals surface area contributed by atoms with Gasteiger partial charge < -0.3 is 15.3 Å². The highest BCUT2D eigenvalue weighted by Crippen LogP contribution is 2.39. The number of amides is 2. The number of aliphatic hydroxyl groups excluding tert-OH is 1. The highest BCUT2D eigenvalue weighted by Gasteiger charge is 2.29. The van der Waals surface area contributed by atoms with E-state index in [4.69, 9.17) is 28.2 Å². The second kappa shape index (κ2) is 15.6. The lowest BCUT2D eigenvalue weighted by atomic mass is 9.96. The summed E-state index contributed by atoms with van der Waals surface area (Å²) >= 11 is 16.1. The molecule has 5 aromatic rings. The number of carbonyl (C=O) groups is 2. The van der Waals surface area contributed by atoms with Crippen LogP contribution in [0.3, 0.4) is 0 Å². The quantitative estimate of drug-likeness (QED) is 0.138. The van der Waals surface area contributed by atoms with Crippen molar-refractivity contribution in [2.45, 2.75) is 23.5 Å². The Bertz CT molecular complexity index is 1930. The summed E-state index contributed by atoms with van der Waals surface area (Å²) in [6.07, 6.45) is 0. The molecule has 0 fully saturated rings. The number of rotatable bonds is 10. The third-order valence-corrected chi connectivity index (χ3v) is 8.92. The van der Waals surface area contributed by atoms with Gasteiger partial charge in [-0.3, -0.25) is 9.59 Å². The minimum Gasteiger partial charge on any atom is -0.387 e. The second-order valence-electron chi connectivity index (χ2n) is 10.4. The number of carbonyl (C=O) groups excluding carboxylic acids is 2. The van der Waals surface area contributed by atoms with Crippen LogP contribution < -0.4 is 10.2 Å². The van der Waals surface area contributed by atoms with E-state index in [0.717, 1.165) is 10.0 Å². The summed E-state index contributed by atoms with van der Waals surface area (Å²) in [5.74, 6) is -1.09. The molecular formula is C35H25BrCl2F3N3O3S. The van der Waals surface area contributed by atoms with Gasteiger partial charge in [-0.05, 0) is 84.1 Å². The zero-order valence-electron chi connectivity index (χ0n) is 24.8. The van der Waals surface area contributed by atoms with E-state index in [0.29, 0.717) is 43.8 Å². The standard InChI is InChI=1S/C35H25BrCl2F3N3O3S/c36-24-10-6-21(7-11-24)33-29(28-15-12-25(37)17-30(28)38)16-23(31(43-33)18-42-32(46)20-45)19-44(26-4-2-1-3-5-26)34(47)22-8-13-27(14-9-22)48-35(39,40)41/h1-17,45H,18-20H2,(H,42,46). The van der Waals surface area contributed by atoms with Crippen LogP contribution in [0.4, 0.5) is 18.9 Å². The predicted octanol–water partition coefficient (Wildman–Crippen LogP) is 9.55. The summed E-state index contributed by atoms with van der Waals surface area (Å²) in [4.78, 5) is 32.6. The maximum absolute atomic E-state index is 14.1. The van der Waals surface area contributed by atoms with Gasteiger partial charge in [-0.25, -0.2) is 4.98 Å². The highest BCUT2D eigenvalue weighted by molar-refractivity contribution is 9.10. The Kier molecular flexibility index (Phi) is 11.5. The van der Waals surface area contributed by atoms with Gasteiger partial charge in [0, 0.05) is 47.4 Å². The number of aliphatic hydroxyl groups is 1. The van der Waals surface area contributed by atoms with Gasteiger partial charge in [-0.1, -0.05) is 75.5 Å². The van der Waals surface area contributed by atoms with Gasteiger partial charge in [-0.15, -0.1) is 0 Å². The molecule has 0 spiro atoms. The van der Waals surface area contributed by atoms with E-state index >= 15 is 0 Å². The molecular weight excluding hydrogens is 750 g/mol. The van der Waals surface area contributed by atoms with Gasteiger partial charge in [0.1, 0.15) is 6.61 Å². The Morgan fingerprint density at radius 3 is 2.21 bits per heavy atom. The summed E-state index contributed by atoms with van der Waals surface area (Å²) in [7, 11) is 0. The van der Waals surface area contributed by atoms with Crippen LogP contribution in [0.2, 0.25) is 10.0 Å². The van der Waals surface area contributed by atoms with Crippen molar-refractivity contribution >= 4 is 68.4 Å². The third kappa shape index (κ3) is 8.97. The van der Waals surface area contributed by atoms with Gasteiger partial charge in [0.2, 0.25) is 5.91 Å². The first kappa shape index (κ1) is 35.4. The molecule has 0 saturated carbocycles. The smallest absolute Gasteiger partial charge is 0.387 e. The lowest BCUT2D eigenvalue weighted by Crippen LogP contribution is -2.32. The van der Waals surface area contributed by atoms with Gasteiger partial charge in [0.25, 0.3) is 5.91 Å². The minimum atomic E-state index is -4.47. The topological polar surface area (TPSA) is 82.5 Å². The predicted molar refractivity (Wildman–Crippen MR) is 187 cm³/mol. The Morgan fingerprint density at radius 2 is 1.58 bits per heavy atom. The monoisotopic (exact) mass is 773 g/mol. The minimum absolute atomic E-state index is 0.0436. The molecule has 4 aromatic carbocycles. The molecule has 5 rings (SSSR count). The van der Waals surface area contributed by atoms with Crippen molar-refractivity contribution < 1.29 is 27.9 Å². The average Bonchev–Trinajstić information content (AvgIpc) is 3.06. The maximum atomic E-state index is 14.1. The summed E-state index contributed by atoms with van der Waals surface area (Å²) in [5.41, 5.74) is -0.304. The number of aromatic nitrogens is 1. The van der Waals surface area contributed by atoms with E-state index in [1.807, 2.05) is 30.3 Å². The number of alkyl halides is 3. The zero-order valence-corrected chi connectivity index (χ0v) is 28.7. The summed E-state index contributed by atoms with van der Waals surface area (Å²) in [6.45, 7) is -0.851. The Labute approximate surface area is 297 Å². The first-order valence-corrected chi connectivity index (χ1v) is 16.6. The van der Waals surface area contributed by atoms with Gasteiger partial charge in [-0.2, -0.15) is 13.2 Å².